The largest absolute Gasteiger partial charge is 0.463 e. The average molecular weight is 437 g/mol. The lowest BCUT2D eigenvalue weighted by Crippen LogP contribution is -2.49. The molecule has 3 rings (SSSR count). The fraction of sp³-hybridized carbons (Fsp3) is 0.545. The Morgan fingerprint density at radius 3 is 2.61 bits per heavy atom. The van der Waals surface area contributed by atoms with Gasteiger partial charge in [0.1, 0.15) is 5.75 Å². The molecule has 1 fully saturated rings. The highest BCUT2D eigenvalue weighted by Crippen LogP contribution is 2.35. The second-order valence-electron chi connectivity index (χ2n) is 7.77. The van der Waals surface area contributed by atoms with Crippen LogP contribution in [0.15, 0.2) is 35.5 Å². The van der Waals surface area contributed by atoms with Crippen molar-refractivity contribution >= 4 is 12.0 Å². The average Bonchev–Trinajstić information content (AvgIpc) is 2.74. The van der Waals surface area contributed by atoms with Crippen LogP contribution in [0.5, 0.6) is 5.75 Å². The summed E-state index contributed by atoms with van der Waals surface area (Å²) in [6.07, 6.45) is 5.62. The normalized spacial score (nSPS) is 19.9. The molecule has 0 radical (unpaired) electrons. The van der Waals surface area contributed by atoms with Gasteiger partial charge in [-0.05, 0) is 32.9 Å². The summed E-state index contributed by atoms with van der Waals surface area (Å²) in [4.78, 5) is 27.5. The Morgan fingerprint density at radius 2 is 1.94 bits per heavy atom. The van der Waals surface area contributed by atoms with E-state index in [2.05, 4.69) is 20.3 Å². The fourth-order valence-corrected chi connectivity index (χ4v) is 4.25. The number of nitrogens with zero attached hydrogens (tertiary/aromatic N) is 1. The van der Waals surface area contributed by atoms with E-state index >= 15 is 0 Å². The summed E-state index contributed by atoms with van der Waals surface area (Å²) >= 11 is 0. The van der Waals surface area contributed by atoms with Crippen molar-refractivity contribution in [3.05, 3.63) is 41.1 Å². The minimum atomic E-state index is -3.04. The van der Waals surface area contributed by atoms with Gasteiger partial charge in [-0.25, -0.2) is 9.59 Å². The van der Waals surface area contributed by atoms with Crippen LogP contribution in [0.25, 0.3) is 0 Å². The topological polar surface area (TPSA) is 79.9 Å². The molecule has 1 aromatic rings. The van der Waals surface area contributed by atoms with E-state index in [4.69, 9.17) is 4.74 Å². The van der Waals surface area contributed by atoms with Gasteiger partial charge in [-0.1, -0.05) is 37.5 Å². The van der Waals surface area contributed by atoms with Gasteiger partial charge in [0.05, 0.1) is 18.2 Å². The Bertz CT molecular complexity index is 825. The number of esters is 1. The van der Waals surface area contributed by atoms with Gasteiger partial charge in [-0.2, -0.15) is 8.78 Å². The summed E-state index contributed by atoms with van der Waals surface area (Å²) < 4.78 is 35.8. The molecule has 1 heterocycles. The number of hydrogen-bond donors (Lipinski definition) is 2. The molecule has 0 spiro atoms. The number of benzene rings is 1. The molecule has 1 aliphatic carbocycles. The zero-order chi connectivity index (χ0) is 22.4. The molecule has 1 aromatic carbocycles. The lowest BCUT2D eigenvalue weighted by Gasteiger charge is -2.35. The number of likely N-dealkylation sites (N-methyl/N-ethyl adjacent to an activating group) is 1. The smallest absolute Gasteiger partial charge is 0.387 e. The van der Waals surface area contributed by atoms with E-state index < -0.39 is 24.7 Å². The number of halogens is 2. The standard InChI is InChI=1S/C22H29F2N3O4/c1-3-30-20(28)18-16(13-27(2)14-9-5-4-6-10-14)25-22(29)26-19(18)15-11-7-8-12-17(15)31-21(23)24/h7-8,11-12,14,19,21H,3-6,9-10,13H2,1-2H3,(H2,25,26,29)/t19-/m0/s1. The van der Waals surface area contributed by atoms with Gasteiger partial charge in [0.25, 0.3) is 0 Å². The van der Waals surface area contributed by atoms with Gasteiger partial charge in [0, 0.05) is 23.8 Å². The first-order valence-corrected chi connectivity index (χ1v) is 10.6. The second-order valence-corrected chi connectivity index (χ2v) is 7.77. The molecule has 0 unspecified atom stereocenters. The molecule has 0 bridgehead atoms. The van der Waals surface area contributed by atoms with Crippen LogP contribution in [0.2, 0.25) is 0 Å². The van der Waals surface area contributed by atoms with Crippen molar-refractivity contribution in [2.45, 2.75) is 57.7 Å². The fourth-order valence-electron chi connectivity index (χ4n) is 4.25. The zero-order valence-corrected chi connectivity index (χ0v) is 17.8. The summed E-state index contributed by atoms with van der Waals surface area (Å²) in [5.74, 6) is -0.717. The van der Waals surface area contributed by atoms with Crippen LogP contribution in [0.1, 0.15) is 50.6 Å². The SMILES string of the molecule is CCOC(=O)C1=C(CN(C)C2CCCCC2)NC(=O)N[C@H]1c1ccccc1OC(F)F. The predicted octanol–water partition coefficient (Wildman–Crippen LogP) is 3.72. The van der Waals surface area contributed by atoms with Crippen molar-refractivity contribution in [3.8, 4) is 5.75 Å². The lowest BCUT2D eigenvalue weighted by atomic mass is 9.92. The Hall–Kier alpha value is -2.68. The first-order valence-electron chi connectivity index (χ1n) is 10.6. The first kappa shape index (κ1) is 23.0. The zero-order valence-electron chi connectivity index (χ0n) is 17.8. The summed E-state index contributed by atoms with van der Waals surface area (Å²) in [6.45, 7) is -0.875. The van der Waals surface area contributed by atoms with Gasteiger partial charge in [0.2, 0.25) is 0 Å². The number of rotatable bonds is 8. The van der Waals surface area contributed by atoms with E-state index in [-0.39, 0.29) is 23.5 Å². The van der Waals surface area contributed by atoms with Gasteiger partial charge < -0.3 is 20.1 Å². The van der Waals surface area contributed by atoms with Crippen molar-refractivity contribution in [1.29, 1.82) is 0 Å². The molecule has 0 aromatic heterocycles. The third-order valence-electron chi connectivity index (χ3n) is 5.70. The molecule has 2 N–H and O–H groups in total. The Kier molecular flexibility index (Phi) is 7.84. The number of nitrogens with one attached hydrogen (secondary N) is 2. The Labute approximate surface area is 180 Å². The lowest BCUT2D eigenvalue weighted by molar-refractivity contribution is -0.139. The Morgan fingerprint density at radius 1 is 1.23 bits per heavy atom. The van der Waals surface area contributed by atoms with Crippen LogP contribution < -0.4 is 15.4 Å². The minimum Gasteiger partial charge on any atom is -0.463 e. The van der Waals surface area contributed by atoms with E-state index in [1.807, 2.05) is 7.05 Å². The highest BCUT2D eigenvalue weighted by Gasteiger charge is 2.36. The van der Waals surface area contributed by atoms with E-state index in [1.54, 1.807) is 25.1 Å². The van der Waals surface area contributed by atoms with Crippen molar-refractivity contribution in [2.75, 3.05) is 20.2 Å². The molecule has 7 nitrogen and oxygen atoms in total. The summed E-state index contributed by atoms with van der Waals surface area (Å²) in [5, 5.41) is 5.40. The summed E-state index contributed by atoms with van der Waals surface area (Å²) in [5.41, 5.74) is 0.861. The van der Waals surface area contributed by atoms with Gasteiger partial charge in [0.15, 0.2) is 0 Å². The number of carbonyl (C=O) groups excluding carboxylic acids is 2. The van der Waals surface area contributed by atoms with Crippen LogP contribution >= 0.6 is 0 Å². The molecule has 2 amide bonds. The molecule has 9 heteroatoms. The highest BCUT2D eigenvalue weighted by atomic mass is 19.3. The van der Waals surface area contributed by atoms with Crippen LogP contribution in [0, 0.1) is 0 Å². The van der Waals surface area contributed by atoms with Gasteiger partial charge >= 0.3 is 18.6 Å². The molecular formula is C22H29F2N3O4. The van der Waals surface area contributed by atoms with Gasteiger partial charge in [-0.15, -0.1) is 0 Å². The van der Waals surface area contributed by atoms with E-state index in [1.165, 1.54) is 12.5 Å². The Balaban J connectivity index is 2.00. The summed E-state index contributed by atoms with van der Waals surface area (Å²) in [7, 11) is 1.96. The number of alkyl halides is 2. The second kappa shape index (κ2) is 10.6. The van der Waals surface area contributed by atoms with E-state index in [0.29, 0.717) is 18.3 Å². The third kappa shape index (κ3) is 5.72. The highest BCUT2D eigenvalue weighted by molar-refractivity contribution is 5.95. The number of para-hydroxylation sites is 1. The molecular weight excluding hydrogens is 408 g/mol. The predicted molar refractivity (Wildman–Crippen MR) is 111 cm³/mol. The van der Waals surface area contributed by atoms with E-state index in [0.717, 1.165) is 25.7 Å². The number of amides is 2. The van der Waals surface area contributed by atoms with Crippen LogP contribution in [0.4, 0.5) is 13.6 Å². The number of hydrogen-bond acceptors (Lipinski definition) is 5. The molecule has 31 heavy (non-hydrogen) atoms. The molecule has 1 aliphatic heterocycles. The number of carbonyl (C=O) groups is 2. The van der Waals surface area contributed by atoms with Crippen molar-refractivity contribution < 1.29 is 27.8 Å². The number of ether oxygens (including phenoxy) is 2. The maximum absolute atomic E-state index is 12.9. The molecule has 170 valence electrons. The quantitative estimate of drug-likeness (QED) is 0.606. The van der Waals surface area contributed by atoms with E-state index in [9.17, 15) is 18.4 Å². The maximum Gasteiger partial charge on any atom is 0.387 e. The van der Waals surface area contributed by atoms with Crippen LogP contribution in [-0.2, 0) is 9.53 Å². The molecule has 1 atom stereocenters. The third-order valence-corrected chi connectivity index (χ3v) is 5.70. The molecule has 2 aliphatic rings. The van der Waals surface area contributed by atoms with Crippen LogP contribution in [0.3, 0.4) is 0 Å². The van der Waals surface area contributed by atoms with Crippen molar-refractivity contribution in [3.63, 3.8) is 0 Å². The minimum absolute atomic E-state index is 0.105. The van der Waals surface area contributed by atoms with Gasteiger partial charge in [-0.3, -0.25) is 4.90 Å². The van der Waals surface area contributed by atoms with Crippen molar-refractivity contribution in [2.24, 2.45) is 0 Å². The summed E-state index contributed by atoms with van der Waals surface area (Å²) in [6, 6.07) is 4.98. The molecule has 1 saturated carbocycles. The monoisotopic (exact) mass is 437 g/mol. The van der Waals surface area contributed by atoms with Crippen molar-refractivity contribution in [1.82, 2.24) is 15.5 Å². The molecule has 0 saturated heterocycles. The maximum atomic E-state index is 12.9. The first-order chi connectivity index (χ1) is 14.9. The number of urea groups is 1. The van der Waals surface area contributed by atoms with Crippen LogP contribution in [-0.4, -0.2) is 49.8 Å².